The number of carbonyl (C=O) groups is 2. The van der Waals surface area contributed by atoms with Crippen LogP contribution in [0.15, 0.2) is 11.1 Å². The Labute approximate surface area is 238 Å². The van der Waals surface area contributed by atoms with Crippen molar-refractivity contribution in [3.8, 4) is 0 Å². The van der Waals surface area contributed by atoms with Gasteiger partial charge in [-0.1, -0.05) is 11.8 Å². The van der Waals surface area contributed by atoms with E-state index < -0.39 is 61.9 Å². The number of imidazole rings is 1. The number of rotatable bonds is 14. The molecule has 1 aliphatic heterocycles. The average molecular weight is 623 g/mol. The number of anilines is 1. The highest BCUT2D eigenvalue weighted by molar-refractivity contribution is 8.13. The first-order chi connectivity index (χ1) is 19.1. The van der Waals surface area contributed by atoms with Gasteiger partial charge in [0.2, 0.25) is 5.95 Å². The van der Waals surface area contributed by atoms with Crippen molar-refractivity contribution in [1.29, 1.82) is 0 Å². The fourth-order valence-electron chi connectivity index (χ4n) is 3.72. The molecule has 7 N–H and O–H groups in total. The van der Waals surface area contributed by atoms with Crippen LogP contribution in [0.3, 0.4) is 0 Å². The first-order valence-corrected chi connectivity index (χ1v) is 15.0. The van der Waals surface area contributed by atoms with Gasteiger partial charge in [0.25, 0.3) is 5.56 Å². The van der Waals surface area contributed by atoms with Crippen molar-refractivity contribution in [3.63, 3.8) is 0 Å². The average Bonchev–Trinajstić information content (AvgIpc) is 3.42. The van der Waals surface area contributed by atoms with Gasteiger partial charge in [-0.15, -0.1) is 0 Å². The number of esters is 1. The summed E-state index contributed by atoms with van der Waals surface area (Å²) in [5, 5.41) is 33.3. The summed E-state index contributed by atoms with van der Waals surface area (Å²) in [7, 11) is -4.25. The van der Waals surface area contributed by atoms with Crippen LogP contribution in [0.4, 0.5) is 5.95 Å². The predicted molar refractivity (Wildman–Crippen MR) is 146 cm³/mol. The molecule has 0 aromatic carbocycles. The Balaban J connectivity index is 1.72. The van der Waals surface area contributed by atoms with Gasteiger partial charge >= 0.3 is 13.7 Å². The summed E-state index contributed by atoms with van der Waals surface area (Å²) in [5.41, 5.74) is 2.00. The van der Waals surface area contributed by atoms with E-state index in [0.29, 0.717) is 0 Å². The third-order valence-corrected chi connectivity index (χ3v) is 8.86. The zero-order valence-corrected chi connectivity index (χ0v) is 24.6. The maximum Gasteiger partial charge on any atom is 0.406 e. The molecule has 1 fully saturated rings. The molecule has 0 spiro atoms. The van der Waals surface area contributed by atoms with Gasteiger partial charge in [0, 0.05) is 5.75 Å². The molecular formula is C22H35N6O11PS. The van der Waals surface area contributed by atoms with Crippen LogP contribution in [0.5, 0.6) is 0 Å². The molecule has 5 atom stereocenters. The van der Waals surface area contributed by atoms with Crippen molar-refractivity contribution in [1.82, 2.24) is 24.6 Å². The number of aliphatic hydroxyl groups excluding tert-OH is 2. The highest BCUT2D eigenvalue weighted by Gasteiger charge is 2.54. The molecule has 1 saturated heterocycles. The minimum absolute atomic E-state index is 0.00757. The quantitative estimate of drug-likeness (QED) is 0.0864. The van der Waals surface area contributed by atoms with E-state index in [0.717, 1.165) is 11.8 Å². The number of hydrogen-bond donors (Lipinski definition) is 6. The Bertz CT molecular complexity index is 1350. The van der Waals surface area contributed by atoms with E-state index in [-0.39, 0.29) is 47.8 Å². The van der Waals surface area contributed by atoms with E-state index in [4.69, 9.17) is 24.3 Å². The van der Waals surface area contributed by atoms with E-state index in [1.54, 1.807) is 20.8 Å². The summed E-state index contributed by atoms with van der Waals surface area (Å²) in [4.78, 5) is 46.5. The lowest BCUT2D eigenvalue weighted by Crippen LogP contribution is -2.44. The molecule has 0 amide bonds. The number of aromatic nitrogens is 4. The second-order valence-electron chi connectivity index (χ2n) is 9.92. The van der Waals surface area contributed by atoms with Gasteiger partial charge in [-0.05, 0) is 27.7 Å². The highest BCUT2D eigenvalue weighted by atomic mass is 32.2. The van der Waals surface area contributed by atoms with Crippen LogP contribution >= 0.6 is 19.5 Å². The molecule has 230 valence electrons. The van der Waals surface area contributed by atoms with Crippen molar-refractivity contribution in [2.75, 3.05) is 44.5 Å². The minimum Gasteiger partial charge on any atom is -0.465 e. The molecule has 0 bridgehead atoms. The van der Waals surface area contributed by atoms with Gasteiger partial charge in [0.1, 0.15) is 24.4 Å². The third-order valence-electron chi connectivity index (χ3n) is 6.11. The number of nitrogens with zero attached hydrogens (tertiary/aromatic N) is 3. The summed E-state index contributed by atoms with van der Waals surface area (Å²) in [6, 6.07) is 0. The van der Waals surface area contributed by atoms with Gasteiger partial charge in [-0.2, -0.15) is 4.98 Å². The number of ether oxygens (including phenoxy) is 2. The Hall–Kier alpha value is -2.41. The van der Waals surface area contributed by atoms with Gasteiger partial charge in [-0.25, -0.2) is 14.6 Å². The van der Waals surface area contributed by atoms with Crippen LogP contribution in [0.1, 0.15) is 33.9 Å². The van der Waals surface area contributed by atoms with E-state index >= 15 is 0 Å². The largest absolute Gasteiger partial charge is 0.465 e. The van der Waals surface area contributed by atoms with E-state index in [1.807, 2.05) is 0 Å². The molecule has 0 saturated carbocycles. The van der Waals surface area contributed by atoms with Gasteiger partial charge in [0.15, 0.2) is 22.5 Å². The van der Waals surface area contributed by atoms with Gasteiger partial charge < -0.3 is 30.5 Å². The van der Waals surface area contributed by atoms with Gasteiger partial charge in [-0.3, -0.25) is 33.0 Å². The number of nitrogens with two attached hydrogens (primary N) is 1. The van der Waals surface area contributed by atoms with Crippen LogP contribution in [0.2, 0.25) is 0 Å². The Kier molecular flexibility index (Phi) is 10.7. The molecule has 3 rings (SSSR count). The molecule has 1 unspecified atom stereocenters. The Morgan fingerprint density at radius 2 is 2.10 bits per heavy atom. The Morgan fingerprint density at radius 3 is 2.76 bits per heavy atom. The minimum atomic E-state index is -4.25. The van der Waals surface area contributed by atoms with Crippen LogP contribution < -0.4 is 16.4 Å². The third kappa shape index (κ3) is 7.71. The Morgan fingerprint density at radius 1 is 1.39 bits per heavy atom. The predicted octanol–water partition coefficient (Wildman–Crippen LogP) is -0.717. The number of nitrogen functional groups attached to an aromatic ring is 1. The van der Waals surface area contributed by atoms with Gasteiger partial charge in [0.05, 0.1) is 38.2 Å². The van der Waals surface area contributed by atoms with Crippen LogP contribution in [0, 0.1) is 5.41 Å². The van der Waals surface area contributed by atoms with Crippen molar-refractivity contribution in [3.05, 3.63) is 16.7 Å². The summed E-state index contributed by atoms with van der Waals surface area (Å²) < 4.78 is 36.1. The summed E-state index contributed by atoms with van der Waals surface area (Å²) >= 11 is 0.861. The normalized spacial score (nSPS) is 24.4. The molecule has 3 heterocycles. The smallest absolute Gasteiger partial charge is 0.406 e. The molecule has 1 aliphatic rings. The second kappa shape index (κ2) is 13.3. The van der Waals surface area contributed by atoms with Crippen molar-refractivity contribution < 1.29 is 48.0 Å². The van der Waals surface area contributed by atoms with E-state index in [1.165, 1.54) is 17.8 Å². The summed E-state index contributed by atoms with van der Waals surface area (Å²) in [5.74, 6) is -0.880. The maximum atomic E-state index is 13.4. The zero-order chi connectivity index (χ0) is 30.6. The zero-order valence-electron chi connectivity index (χ0n) is 22.9. The summed E-state index contributed by atoms with van der Waals surface area (Å²) in [6.07, 6.45) is -2.98. The fraction of sp³-hybridized carbons (Fsp3) is 0.682. The van der Waals surface area contributed by atoms with Crippen LogP contribution in [-0.2, 0) is 32.7 Å². The topological polar surface area (TPSA) is 250 Å². The standard InChI is InChI=1S/C22H35N6O11PS/c1-5-36-13(30)8-25-40(35,37-6-7-41-19(33)21(2,3)10-29)38-9-12-15(31)22(4,34)18(39-12)28-11-24-14-16(28)26-20(23)27-17(14)32/h11-12,15,18,29,31,34H,5-10H2,1-4H3,(H,25,35)(H3,23,26,27,32)/t12-,15-,18-,22-,40?/m1/s1. The first kappa shape index (κ1) is 33.1. The second-order valence-corrected chi connectivity index (χ2v) is 12.8. The van der Waals surface area contributed by atoms with E-state index in [9.17, 15) is 34.3 Å². The number of aliphatic hydroxyl groups is 3. The van der Waals surface area contributed by atoms with Crippen molar-refractivity contribution in [2.24, 2.45) is 5.41 Å². The lowest BCUT2D eigenvalue weighted by Gasteiger charge is -2.27. The monoisotopic (exact) mass is 622 g/mol. The number of fused-ring (bicyclic) bond motifs is 1. The molecule has 0 radical (unpaired) electrons. The molecular weight excluding hydrogens is 587 g/mol. The molecule has 17 nitrogen and oxygen atoms in total. The van der Waals surface area contributed by atoms with Crippen LogP contribution in [-0.4, -0.2) is 102 Å². The number of nitrogens with one attached hydrogen (secondary N) is 2. The highest BCUT2D eigenvalue weighted by Crippen LogP contribution is 2.46. The van der Waals surface area contributed by atoms with Crippen molar-refractivity contribution in [2.45, 2.75) is 51.7 Å². The number of hydrogen-bond acceptors (Lipinski definition) is 15. The summed E-state index contributed by atoms with van der Waals surface area (Å²) in [6.45, 7) is 4.39. The lowest BCUT2D eigenvalue weighted by atomic mass is 9.96. The maximum absolute atomic E-state index is 13.4. The number of aromatic amines is 1. The molecule has 2 aromatic heterocycles. The fourth-order valence-corrected chi connectivity index (χ4v) is 5.90. The molecule has 0 aliphatic carbocycles. The molecule has 2 aromatic rings. The number of thioether (sulfide) groups is 1. The number of carbonyl (C=O) groups excluding carboxylic acids is 2. The van der Waals surface area contributed by atoms with Crippen molar-refractivity contribution >= 4 is 47.7 Å². The lowest BCUT2D eigenvalue weighted by molar-refractivity contribution is -0.141. The van der Waals surface area contributed by atoms with Crippen LogP contribution in [0.25, 0.3) is 11.2 Å². The SMILES string of the molecule is CCOC(=O)CNP(=O)(OCCSC(=O)C(C)(C)CO)OC[C@H]1O[C@@H](n2cnc3c(=O)[nH]c(N)nc32)[C@](C)(O)[C@@H]1O. The van der Waals surface area contributed by atoms with E-state index in [2.05, 4.69) is 20.0 Å². The molecule has 19 heteroatoms. The number of H-pyrrole nitrogens is 1. The molecule has 41 heavy (non-hydrogen) atoms. The first-order valence-electron chi connectivity index (χ1n) is 12.5.